The highest BCUT2D eigenvalue weighted by Gasteiger charge is 2.71. The Balaban J connectivity index is 1.29. The summed E-state index contributed by atoms with van der Waals surface area (Å²) < 4.78 is 0. The van der Waals surface area contributed by atoms with Gasteiger partial charge in [0.2, 0.25) is 5.91 Å². The molecule has 9 atom stereocenters. The summed E-state index contributed by atoms with van der Waals surface area (Å²) in [5.41, 5.74) is 4.07. The Morgan fingerprint density at radius 3 is 2.21 bits per heavy atom. The average molecular weight is 659 g/mol. The highest BCUT2D eigenvalue weighted by molar-refractivity contribution is 5.88. The van der Waals surface area contributed by atoms with Gasteiger partial charge in [0.15, 0.2) is 0 Å². The van der Waals surface area contributed by atoms with Crippen LogP contribution >= 0.6 is 0 Å². The van der Waals surface area contributed by atoms with Crippen molar-refractivity contribution in [1.82, 2.24) is 10.6 Å². The van der Waals surface area contributed by atoms with Gasteiger partial charge < -0.3 is 20.8 Å². The molecule has 4 saturated carbocycles. The summed E-state index contributed by atoms with van der Waals surface area (Å²) in [5.74, 6) is 0.600. The van der Waals surface area contributed by atoms with Gasteiger partial charge in [-0.05, 0) is 139 Å². The van der Waals surface area contributed by atoms with Gasteiger partial charge in [-0.15, -0.1) is 0 Å². The second-order valence-electron chi connectivity index (χ2n) is 17.6. The molecule has 5 aliphatic rings. The standard InChI is InChI=1S/C41H58N2O5/c1-25(2)28-14-19-41(36(48)43-23-22-42-24-33(44)45)21-20-39(6)30(34(28)41)12-13-32-38(5)17-15-29(26-8-10-27(11-9-26)35(46)47)37(3,4)31(38)16-18-40(32,39)7/h8-11,15,28,30-32,34,42H,1,12-14,16-24H2,2-7H3,(H,43,48)(H,44,45)(H,46,47)/t28-,30+,31-,32+,34+,38-,39+,40+,41-/m0/s1. The summed E-state index contributed by atoms with van der Waals surface area (Å²) >= 11 is 0. The largest absolute Gasteiger partial charge is 0.480 e. The molecule has 4 fully saturated rings. The maximum absolute atomic E-state index is 14.2. The van der Waals surface area contributed by atoms with Gasteiger partial charge in [0, 0.05) is 13.1 Å². The molecule has 0 bridgehead atoms. The molecule has 1 aromatic carbocycles. The summed E-state index contributed by atoms with van der Waals surface area (Å²) in [6.07, 6.45) is 12.1. The van der Waals surface area contributed by atoms with Crippen LogP contribution in [-0.2, 0) is 9.59 Å². The van der Waals surface area contributed by atoms with Crippen LogP contribution < -0.4 is 10.6 Å². The van der Waals surface area contributed by atoms with Gasteiger partial charge >= 0.3 is 11.9 Å². The monoisotopic (exact) mass is 658 g/mol. The maximum Gasteiger partial charge on any atom is 0.335 e. The van der Waals surface area contributed by atoms with Crippen LogP contribution in [0.5, 0.6) is 0 Å². The van der Waals surface area contributed by atoms with Crippen molar-refractivity contribution < 1.29 is 24.6 Å². The molecule has 0 saturated heterocycles. The van der Waals surface area contributed by atoms with Crippen molar-refractivity contribution in [1.29, 1.82) is 0 Å². The number of carbonyl (C=O) groups is 3. The zero-order chi connectivity index (χ0) is 34.9. The topological polar surface area (TPSA) is 116 Å². The van der Waals surface area contributed by atoms with E-state index in [0.717, 1.165) is 44.1 Å². The third-order valence-electron chi connectivity index (χ3n) is 15.4. The predicted octanol–water partition coefficient (Wildman–Crippen LogP) is 7.83. The lowest BCUT2D eigenvalue weighted by molar-refractivity contribution is -0.225. The van der Waals surface area contributed by atoms with Crippen molar-refractivity contribution in [2.45, 2.75) is 99.3 Å². The quantitative estimate of drug-likeness (QED) is 0.159. The molecule has 0 heterocycles. The Labute approximate surface area is 287 Å². The summed E-state index contributed by atoms with van der Waals surface area (Å²) in [6.45, 7) is 20.1. The van der Waals surface area contributed by atoms with Crippen LogP contribution in [0.4, 0.5) is 0 Å². The number of carbonyl (C=O) groups excluding carboxylic acids is 1. The fourth-order valence-electron chi connectivity index (χ4n) is 13.1. The van der Waals surface area contributed by atoms with Crippen LogP contribution in [0.25, 0.3) is 5.57 Å². The van der Waals surface area contributed by atoms with Crippen molar-refractivity contribution in [3.63, 3.8) is 0 Å². The number of aromatic carboxylic acids is 1. The van der Waals surface area contributed by atoms with E-state index < -0.39 is 11.9 Å². The maximum atomic E-state index is 14.2. The highest BCUT2D eigenvalue weighted by atomic mass is 16.4. The Kier molecular flexibility index (Phi) is 8.83. The number of benzene rings is 1. The molecule has 5 aliphatic carbocycles. The number of hydrogen-bond donors (Lipinski definition) is 4. The fraction of sp³-hybridized carbons (Fsp3) is 0.683. The SMILES string of the molecule is C=C(C)[C@@H]1CC[C@]2(C(=O)NCCNCC(=O)O)CC[C@]3(C)[C@H](CC[C@@H]4[C@@]5(C)CC=C(c6ccc(C(=O)O)cc6)C(C)(C)[C@@H]5CC[C@]43C)[C@@H]12. The predicted molar refractivity (Wildman–Crippen MR) is 189 cm³/mol. The van der Waals surface area contributed by atoms with Gasteiger partial charge in [-0.3, -0.25) is 9.59 Å². The first-order valence-electron chi connectivity index (χ1n) is 18.4. The lowest BCUT2D eigenvalue weighted by atomic mass is 9.32. The summed E-state index contributed by atoms with van der Waals surface area (Å²) in [6, 6.07) is 7.47. The van der Waals surface area contributed by atoms with Gasteiger partial charge in [0.1, 0.15) is 0 Å². The van der Waals surface area contributed by atoms with Crippen molar-refractivity contribution >= 4 is 23.4 Å². The Bertz CT molecular complexity index is 1510. The Morgan fingerprint density at radius 1 is 0.854 bits per heavy atom. The molecule has 1 aromatic rings. The van der Waals surface area contributed by atoms with Gasteiger partial charge in [0.05, 0.1) is 17.5 Å². The number of carboxylic acids is 2. The molecule has 7 heteroatoms. The van der Waals surface area contributed by atoms with Crippen molar-refractivity contribution in [2.24, 2.45) is 56.7 Å². The van der Waals surface area contributed by atoms with Crippen molar-refractivity contribution in [2.75, 3.05) is 19.6 Å². The van der Waals surface area contributed by atoms with Crippen LogP contribution in [0.1, 0.15) is 115 Å². The lowest BCUT2D eigenvalue weighted by Crippen LogP contribution is -2.66. The number of amides is 1. The first-order chi connectivity index (χ1) is 22.5. The molecule has 0 radical (unpaired) electrons. The molecule has 48 heavy (non-hydrogen) atoms. The molecular weight excluding hydrogens is 600 g/mol. The first-order valence-corrected chi connectivity index (χ1v) is 18.4. The minimum absolute atomic E-state index is 0.0353. The highest BCUT2D eigenvalue weighted by Crippen LogP contribution is 2.77. The number of rotatable bonds is 9. The zero-order valence-electron chi connectivity index (χ0n) is 30.1. The third kappa shape index (κ3) is 5.12. The minimum Gasteiger partial charge on any atom is -0.480 e. The molecule has 262 valence electrons. The summed E-state index contributed by atoms with van der Waals surface area (Å²) in [5, 5.41) is 24.6. The van der Waals surface area contributed by atoms with Crippen LogP contribution in [-0.4, -0.2) is 47.7 Å². The number of nitrogens with one attached hydrogen (secondary N) is 2. The van der Waals surface area contributed by atoms with Crippen LogP contribution in [0.15, 0.2) is 42.5 Å². The van der Waals surface area contributed by atoms with E-state index >= 15 is 0 Å². The number of fused-ring (bicyclic) bond motifs is 7. The zero-order valence-corrected chi connectivity index (χ0v) is 30.1. The second kappa shape index (κ2) is 12.1. The molecule has 7 nitrogen and oxygen atoms in total. The van der Waals surface area contributed by atoms with E-state index in [9.17, 15) is 19.5 Å². The van der Waals surface area contributed by atoms with Gasteiger partial charge in [-0.2, -0.15) is 0 Å². The molecule has 6 rings (SSSR count). The second-order valence-corrected chi connectivity index (χ2v) is 17.6. The van der Waals surface area contributed by atoms with Crippen LogP contribution in [0.2, 0.25) is 0 Å². The minimum atomic E-state index is -0.890. The summed E-state index contributed by atoms with van der Waals surface area (Å²) in [4.78, 5) is 36.7. The number of carboxylic acid groups (broad SMARTS) is 2. The van der Waals surface area contributed by atoms with E-state index in [1.165, 1.54) is 30.4 Å². The van der Waals surface area contributed by atoms with E-state index in [1.54, 1.807) is 12.1 Å². The molecule has 1 amide bonds. The normalized spacial score (nSPS) is 39.5. The molecule has 0 aliphatic heterocycles. The third-order valence-corrected chi connectivity index (χ3v) is 15.4. The Hall–Kier alpha value is -2.93. The van der Waals surface area contributed by atoms with Gasteiger partial charge in [-0.1, -0.05) is 65.0 Å². The average Bonchev–Trinajstić information content (AvgIpc) is 3.42. The van der Waals surface area contributed by atoms with E-state index in [1.807, 2.05) is 12.1 Å². The Morgan fingerprint density at radius 2 is 1.56 bits per heavy atom. The number of aliphatic carboxylic acids is 1. The molecule has 0 unspecified atom stereocenters. The number of hydrogen-bond acceptors (Lipinski definition) is 4. The van der Waals surface area contributed by atoms with Crippen LogP contribution in [0, 0.1) is 56.7 Å². The molecule has 0 aromatic heterocycles. The summed E-state index contributed by atoms with van der Waals surface area (Å²) in [7, 11) is 0. The van der Waals surface area contributed by atoms with Gasteiger partial charge in [0.25, 0.3) is 0 Å². The van der Waals surface area contributed by atoms with E-state index in [4.69, 9.17) is 5.11 Å². The van der Waals surface area contributed by atoms with Crippen LogP contribution in [0.3, 0.4) is 0 Å². The number of allylic oxidation sites excluding steroid dienone is 3. The molecule has 0 spiro atoms. The smallest absolute Gasteiger partial charge is 0.335 e. The fourth-order valence-corrected chi connectivity index (χ4v) is 13.1. The van der Waals surface area contributed by atoms with E-state index in [2.05, 4.69) is 64.8 Å². The van der Waals surface area contributed by atoms with E-state index in [-0.39, 0.29) is 45.4 Å². The van der Waals surface area contributed by atoms with Gasteiger partial charge in [-0.25, -0.2) is 4.79 Å². The van der Waals surface area contributed by atoms with Crippen molar-refractivity contribution in [3.8, 4) is 0 Å². The molecule has 4 N–H and O–H groups in total. The first kappa shape index (κ1) is 34.9. The van der Waals surface area contributed by atoms with Crippen molar-refractivity contribution in [3.05, 3.63) is 53.6 Å². The van der Waals surface area contributed by atoms with E-state index in [0.29, 0.717) is 42.3 Å². The molecular formula is C41H58N2O5. The lowest BCUT2D eigenvalue weighted by Gasteiger charge is -2.72.